The van der Waals surface area contributed by atoms with E-state index in [0.29, 0.717) is 5.69 Å². The summed E-state index contributed by atoms with van der Waals surface area (Å²) in [5.41, 5.74) is 1.40. The van der Waals surface area contributed by atoms with Crippen LogP contribution in [0.2, 0.25) is 0 Å². The molecule has 2 aromatic rings. The first-order chi connectivity index (χ1) is 11.2. The molecule has 1 saturated heterocycles. The van der Waals surface area contributed by atoms with Gasteiger partial charge in [0.2, 0.25) is 5.78 Å². The lowest BCUT2D eigenvalue weighted by molar-refractivity contribution is 0.0984. The van der Waals surface area contributed by atoms with Crippen LogP contribution in [0.25, 0.3) is 10.6 Å². The van der Waals surface area contributed by atoms with Crippen LogP contribution >= 0.6 is 11.3 Å². The van der Waals surface area contributed by atoms with Gasteiger partial charge in [0.25, 0.3) is 0 Å². The molecule has 0 atom stereocenters. The largest absolute Gasteiger partial charge is 0.330 e. The molecule has 0 bridgehead atoms. The average Bonchev–Trinajstić information content (AvgIpc) is 3.11. The number of hydrogen-bond donors (Lipinski definition) is 1. The first kappa shape index (κ1) is 15.7. The Morgan fingerprint density at radius 3 is 2.61 bits per heavy atom. The molecule has 5 nitrogen and oxygen atoms in total. The Morgan fingerprint density at radius 1 is 1.13 bits per heavy atom. The number of nitrogens with zero attached hydrogens (tertiary/aromatic N) is 2. The fraction of sp³-hybridized carbons (Fsp3) is 0.353. The topological polar surface area (TPSA) is 62.3 Å². The number of ketones is 1. The molecule has 6 heteroatoms. The number of rotatable bonds is 4. The third kappa shape index (κ3) is 3.96. The second kappa shape index (κ2) is 7.37. The number of aromatic nitrogens is 1. The summed E-state index contributed by atoms with van der Waals surface area (Å²) in [4.78, 5) is 30.3. The molecule has 0 radical (unpaired) electrons. The van der Waals surface area contributed by atoms with Gasteiger partial charge in [0.1, 0.15) is 10.7 Å². The van der Waals surface area contributed by atoms with Crippen LogP contribution in [0.3, 0.4) is 0 Å². The van der Waals surface area contributed by atoms with Crippen molar-refractivity contribution >= 4 is 23.2 Å². The third-order valence-electron chi connectivity index (χ3n) is 3.85. The second-order valence-corrected chi connectivity index (χ2v) is 6.39. The van der Waals surface area contributed by atoms with Crippen LogP contribution in [0, 0.1) is 0 Å². The number of nitrogens with one attached hydrogen (secondary N) is 1. The molecule has 1 aromatic carbocycles. The van der Waals surface area contributed by atoms with Crippen LogP contribution in [-0.4, -0.2) is 41.3 Å². The monoisotopic (exact) mass is 329 g/mol. The first-order valence-electron chi connectivity index (χ1n) is 7.81. The minimum atomic E-state index is -0.159. The van der Waals surface area contributed by atoms with E-state index in [1.165, 1.54) is 17.8 Å². The van der Waals surface area contributed by atoms with E-state index in [0.717, 1.165) is 36.5 Å². The zero-order chi connectivity index (χ0) is 16.1. The number of amides is 2. The number of carbonyl (C=O) groups excluding carboxylic acids is 2. The Balaban J connectivity index is 1.56. The number of piperidine rings is 1. The van der Waals surface area contributed by atoms with Crippen molar-refractivity contribution in [1.82, 2.24) is 15.2 Å². The van der Waals surface area contributed by atoms with Crippen molar-refractivity contribution in [3.8, 4) is 10.6 Å². The first-order valence-corrected chi connectivity index (χ1v) is 8.69. The van der Waals surface area contributed by atoms with Crippen molar-refractivity contribution in [2.75, 3.05) is 19.6 Å². The highest BCUT2D eigenvalue weighted by atomic mass is 32.1. The molecule has 1 aliphatic rings. The minimum absolute atomic E-state index is 0.00665. The zero-order valence-corrected chi connectivity index (χ0v) is 13.6. The van der Waals surface area contributed by atoms with E-state index in [4.69, 9.17) is 0 Å². The molecule has 0 saturated carbocycles. The summed E-state index contributed by atoms with van der Waals surface area (Å²) in [5.74, 6) is -0.159. The number of likely N-dealkylation sites (tertiary alicyclic amines) is 1. The summed E-state index contributed by atoms with van der Waals surface area (Å²) < 4.78 is 0. The maximum absolute atomic E-state index is 12.2. The summed E-state index contributed by atoms with van der Waals surface area (Å²) in [6.45, 7) is 1.54. The van der Waals surface area contributed by atoms with Gasteiger partial charge in [0.15, 0.2) is 0 Å². The normalized spacial score (nSPS) is 14.5. The molecule has 120 valence electrons. The maximum Gasteiger partial charge on any atom is 0.317 e. The Labute approximate surface area is 139 Å². The van der Waals surface area contributed by atoms with Gasteiger partial charge in [-0.05, 0) is 19.3 Å². The summed E-state index contributed by atoms with van der Waals surface area (Å²) in [7, 11) is 0. The quantitative estimate of drug-likeness (QED) is 0.876. The van der Waals surface area contributed by atoms with Crippen LogP contribution in [-0.2, 0) is 0 Å². The SMILES string of the molecule is O=C(CNC(=O)N1CCCCC1)c1csc(-c2ccccc2)n1. The molecule has 1 aromatic heterocycles. The Morgan fingerprint density at radius 2 is 1.87 bits per heavy atom. The van der Waals surface area contributed by atoms with Crippen molar-refractivity contribution in [1.29, 1.82) is 0 Å². The van der Waals surface area contributed by atoms with Crippen molar-refractivity contribution < 1.29 is 9.59 Å². The van der Waals surface area contributed by atoms with Crippen molar-refractivity contribution in [2.24, 2.45) is 0 Å². The summed E-state index contributed by atoms with van der Waals surface area (Å²) in [6, 6.07) is 9.60. The molecule has 0 aliphatic carbocycles. The van der Waals surface area contributed by atoms with Gasteiger partial charge in [-0.25, -0.2) is 9.78 Å². The van der Waals surface area contributed by atoms with Crippen LogP contribution < -0.4 is 5.32 Å². The van der Waals surface area contributed by atoms with Crippen LogP contribution in [0.5, 0.6) is 0 Å². The van der Waals surface area contributed by atoms with E-state index in [9.17, 15) is 9.59 Å². The molecule has 2 amide bonds. The lowest BCUT2D eigenvalue weighted by Crippen LogP contribution is -2.44. The number of benzene rings is 1. The number of carbonyl (C=O) groups is 2. The molecule has 1 aliphatic heterocycles. The Bertz CT molecular complexity index is 678. The number of hydrogen-bond acceptors (Lipinski definition) is 4. The molecule has 1 fully saturated rings. The zero-order valence-electron chi connectivity index (χ0n) is 12.8. The van der Waals surface area contributed by atoms with Gasteiger partial charge >= 0.3 is 6.03 Å². The summed E-state index contributed by atoms with van der Waals surface area (Å²) >= 11 is 1.44. The predicted molar refractivity (Wildman–Crippen MR) is 90.7 cm³/mol. The van der Waals surface area contributed by atoms with Crippen molar-refractivity contribution in [3.05, 3.63) is 41.4 Å². The lowest BCUT2D eigenvalue weighted by atomic mass is 10.1. The van der Waals surface area contributed by atoms with Gasteiger partial charge in [-0.1, -0.05) is 30.3 Å². The minimum Gasteiger partial charge on any atom is -0.330 e. The van der Waals surface area contributed by atoms with Crippen LogP contribution in [0.1, 0.15) is 29.8 Å². The van der Waals surface area contributed by atoms with Crippen LogP contribution in [0.4, 0.5) is 4.79 Å². The predicted octanol–water partition coefficient (Wildman–Crippen LogP) is 3.19. The van der Waals surface area contributed by atoms with E-state index in [-0.39, 0.29) is 18.4 Å². The number of Topliss-reactive ketones (excluding diaryl/α,β-unsaturated/α-hetero) is 1. The standard InChI is InChI=1S/C17H19N3O2S/c21-15(11-18-17(22)20-9-5-2-6-10-20)14-12-23-16(19-14)13-7-3-1-4-8-13/h1,3-4,7-8,12H,2,5-6,9-11H2,(H,18,22). The summed E-state index contributed by atoms with van der Waals surface area (Å²) in [6.07, 6.45) is 3.24. The average molecular weight is 329 g/mol. The molecule has 0 spiro atoms. The van der Waals surface area contributed by atoms with Crippen LogP contribution in [0.15, 0.2) is 35.7 Å². The molecular formula is C17H19N3O2S. The van der Waals surface area contributed by atoms with Gasteiger partial charge in [0, 0.05) is 24.0 Å². The van der Waals surface area contributed by atoms with Gasteiger partial charge in [-0.2, -0.15) is 0 Å². The lowest BCUT2D eigenvalue weighted by Gasteiger charge is -2.26. The number of thiazole rings is 1. The smallest absolute Gasteiger partial charge is 0.317 e. The van der Waals surface area contributed by atoms with E-state index in [1.807, 2.05) is 30.3 Å². The van der Waals surface area contributed by atoms with Gasteiger partial charge in [-0.15, -0.1) is 11.3 Å². The van der Waals surface area contributed by atoms with E-state index >= 15 is 0 Å². The van der Waals surface area contributed by atoms with Gasteiger partial charge < -0.3 is 10.2 Å². The molecule has 3 rings (SSSR count). The Kier molecular flexibility index (Phi) is 5.02. The molecule has 23 heavy (non-hydrogen) atoms. The summed E-state index contributed by atoms with van der Waals surface area (Å²) in [5, 5.41) is 5.27. The highest BCUT2D eigenvalue weighted by Gasteiger charge is 2.18. The van der Waals surface area contributed by atoms with Gasteiger partial charge in [0.05, 0.1) is 6.54 Å². The third-order valence-corrected chi connectivity index (χ3v) is 4.75. The molecule has 2 heterocycles. The Hall–Kier alpha value is -2.21. The highest BCUT2D eigenvalue weighted by molar-refractivity contribution is 7.13. The van der Waals surface area contributed by atoms with E-state index in [1.54, 1.807) is 10.3 Å². The second-order valence-electron chi connectivity index (χ2n) is 5.53. The maximum atomic E-state index is 12.2. The molecule has 1 N–H and O–H groups in total. The highest BCUT2D eigenvalue weighted by Crippen LogP contribution is 2.23. The number of urea groups is 1. The van der Waals surface area contributed by atoms with Crippen molar-refractivity contribution in [2.45, 2.75) is 19.3 Å². The van der Waals surface area contributed by atoms with E-state index in [2.05, 4.69) is 10.3 Å². The molecule has 0 unspecified atom stereocenters. The fourth-order valence-electron chi connectivity index (χ4n) is 2.57. The van der Waals surface area contributed by atoms with Gasteiger partial charge in [-0.3, -0.25) is 4.79 Å². The fourth-order valence-corrected chi connectivity index (χ4v) is 3.40. The molecular weight excluding hydrogens is 310 g/mol. The van der Waals surface area contributed by atoms with E-state index < -0.39 is 0 Å². The van der Waals surface area contributed by atoms with Crippen molar-refractivity contribution in [3.63, 3.8) is 0 Å².